The molecule has 0 aromatic carbocycles. The zero-order chi connectivity index (χ0) is 12.8. The largest absolute Gasteiger partial charge is 0.383 e. The van der Waals surface area contributed by atoms with E-state index in [4.69, 9.17) is 15.0 Å². The number of aryl methyl sites for hydroxylation is 1. The topological polar surface area (TPSA) is 92.0 Å². The Kier molecular flexibility index (Phi) is 2.37. The Balaban J connectivity index is 1.97. The van der Waals surface area contributed by atoms with E-state index >= 15 is 0 Å². The molecule has 3 rings (SSSR count). The lowest BCUT2D eigenvalue weighted by Crippen LogP contribution is -2.21. The van der Waals surface area contributed by atoms with Crippen molar-refractivity contribution in [2.24, 2.45) is 7.05 Å². The molecule has 1 unspecified atom stereocenters. The maximum atomic E-state index is 5.87. The highest BCUT2D eigenvalue weighted by Gasteiger charge is 2.37. The van der Waals surface area contributed by atoms with Crippen LogP contribution >= 0.6 is 0 Å². The number of hydrogen-bond acceptors (Lipinski definition) is 6. The van der Waals surface area contributed by atoms with E-state index in [1.807, 2.05) is 6.92 Å². The van der Waals surface area contributed by atoms with Gasteiger partial charge in [0.1, 0.15) is 17.0 Å². The van der Waals surface area contributed by atoms with E-state index in [1.54, 1.807) is 17.9 Å². The van der Waals surface area contributed by atoms with Crippen molar-refractivity contribution in [1.82, 2.24) is 19.9 Å². The zero-order valence-electron chi connectivity index (χ0n) is 10.4. The number of aromatic nitrogens is 4. The van der Waals surface area contributed by atoms with Crippen molar-refractivity contribution < 1.29 is 9.26 Å². The molecule has 2 N–H and O–H groups in total. The second-order valence-corrected chi connectivity index (χ2v) is 4.67. The third-order valence-corrected chi connectivity index (χ3v) is 3.33. The second kappa shape index (κ2) is 3.81. The average Bonchev–Trinajstić information content (AvgIpc) is 3.03. The van der Waals surface area contributed by atoms with E-state index in [9.17, 15) is 0 Å². The summed E-state index contributed by atoms with van der Waals surface area (Å²) in [5.41, 5.74) is 6.08. The van der Waals surface area contributed by atoms with Crippen molar-refractivity contribution in [3.8, 4) is 11.5 Å². The molecule has 0 spiro atoms. The molecule has 0 aliphatic carbocycles. The fourth-order valence-corrected chi connectivity index (χ4v) is 2.11. The molecule has 0 saturated carbocycles. The highest BCUT2D eigenvalue weighted by molar-refractivity contribution is 5.66. The summed E-state index contributed by atoms with van der Waals surface area (Å²) >= 11 is 0. The van der Waals surface area contributed by atoms with Crippen LogP contribution in [0.5, 0.6) is 0 Å². The van der Waals surface area contributed by atoms with Gasteiger partial charge in [0.15, 0.2) is 0 Å². The standard InChI is InChI=1S/C11H15N5O2/c1-11(4-3-5-17-11)10-14-9(18-15-10)7-6-13-16(2)8(7)12/h6H,3-5,12H2,1-2H3. The fraction of sp³-hybridized carbons (Fsp3) is 0.545. The predicted octanol–water partition coefficient (Wildman–Crippen LogP) is 1.08. The first-order chi connectivity index (χ1) is 8.60. The molecule has 1 fully saturated rings. The third-order valence-electron chi connectivity index (χ3n) is 3.33. The molecule has 1 saturated heterocycles. The molecule has 18 heavy (non-hydrogen) atoms. The molecule has 0 amide bonds. The second-order valence-electron chi connectivity index (χ2n) is 4.67. The quantitative estimate of drug-likeness (QED) is 0.856. The molecule has 0 bridgehead atoms. The number of nitrogens with zero attached hydrogens (tertiary/aromatic N) is 4. The summed E-state index contributed by atoms with van der Waals surface area (Å²) in [5.74, 6) is 1.45. The minimum absolute atomic E-state index is 0.382. The van der Waals surface area contributed by atoms with Crippen LogP contribution in [0.1, 0.15) is 25.6 Å². The first kappa shape index (κ1) is 11.2. The Morgan fingerprint density at radius 1 is 1.50 bits per heavy atom. The van der Waals surface area contributed by atoms with Gasteiger partial charge in [-0.25, -0.2) is 0 Å². The van der Waals surface area contributed by atoms with Gasteiger partial charge in [0, 0.05) is 13.7 Å². The van der Waals surface area contributed by atoms with E-state index in [0.29, 0.717) is 23.1 Å². The van der Waals surface area contributed by atoms with Crippen LogP contribution in [-0.2, 0) is 17.4 Å². The molecule has 1 atom stereocenters. The maximum Gasteiger partial charge on any atom is 0.263 e. The van der Waals surface area contributed by atoms with E-state index in [1.165, 1.54) is 0 Å². The van der Waals surface area contributed by atoms with Crippen LogP contribution in [0.2, 0.25) is 0 Å². The number of nitrogen functional groups attached to an aromatic ring is 1. The Labute approximate surface area is 104 Å². The summed E-state index contributed by atoms with van der Waals surface area (Å²) in [7, 11) is 1.76. The van der Waals surface area contributed by atoms with Gasteiger partial charge in [-0.2, -0.15) is 10.1 Å². The van der Waals surface area contributed by atoms with Gasteiger partial charge >= 0.3 is 0 Å². The highest BCUT2D eigenvalue weighted by atomic mass is 16.5. The van der Waals surface area contributed by atoms with Gasteiger partial charge in [0.2, 0.25) is 5.82 Å². The van der Waals surface area contributed by atoms with Gasteiger partial charge in [-0.05, 0) is 19.8 Å². The van der Waals surface area contributed by atoms with Crippen LogP contribution in [0.25, 0.3) is 11.5 Å². The Morgan fingerprint density at radius 3 is 2.94 bits per heavy atom. The SMILES string of the molecule is Cn1ncc(-c2nc(C3(C)CCCO3)no2)c1N. The van der Waals surface area contributed by atoms with Gasteiger partial charge < -0.3 is 15.0 Å². The summed E-state index contributed by atoms with van der Waals surface area (Å²) in [4.78, 5) is 4.37. The maximum absolute atomic E-state index is 5.87. The van der Waals surface area contributed by atoms with Gasteiger partial charge in [-0.15, -0.1) is 0 Å². The van der Waals surface area contributed by atoms with Crippen molar-refractivity contribution in [2.45, 2.75) is 25.4 Å². The van der Waals surface area contributed by atoms with E-state index in [2.05, 4.69) is 15.2 Å². The van der Waals surface area contributed by atoms with Crippen molar-refractivity contribution in [2.75, 3.05) is 12.3 Å². The monoisotopic (exact) mass is 249 g/mol. The predicted molar refractivity (Wildman–Crippen MR) is 63.5 cm³/mol. The van der Waals surface area contributed by atoms with Crippen LogP contribution in [0.3, 0.4) is 0 Å². The molecular formula is C11H15N5O2. The smallest absolute Gasteiger partial charge is 0.263 e. The lowest BCUT2D eigenvalue weighted by Gasteiger charge is -2.17. The molecule has 7 heteroatoms. The number of rotatable bonds is 2. The van der Waals surface area contributed by atoms with Gasteiger partial charge in [0.05, 0.1) is 6.20 Å². The van der Waals surface area contributed by atoms with E-state index in [-0.39, 0.29) is 0 Å². The van der Waals surface area contributed by atoms with E-state index < -0.39 is 5.60 Å². The number of hydrogen-bond donors (Lipinski definition) is 1. The van der Waals surface area contributed by atoms with Gasteiger partial charge in [-0.3, -0.25) is 4.68 Å². The molecule has 3 heterocycles. The molecule has 1 aliphatic heterocycles. The normalized spacial score (nSPS) is 23.7. The van der Waals surface area contributed by atoms with Crippen LogP contribution in [0.4, 0.5) is 5.82 Å². The first-order valence-corrected chi connectivity index (χ1v) is 5.86. The van der Waals surface area contributed by atoms with Crippen molar-refractivity contribution in [3.05, 3.63) is 12.0 Å². The summed E-state index contributed by atoms with van der Waals surface area (Å²) < 4.78 is 12.5. The lowest BCUT2D eigenvalue weighted by atomic mass is 10.0. The van der Waals surface area contributed by atoms with Crippen LogP contribution in [0.15, 0.2) is 10.7 Å². The minimum Gasteiger partial charge on any atom is -0.383 e. The molecule has 0 radical (unpaired) electrons. The third kappa shape index (κ3) is 1.59. The van der Waals surface area contributed by atoms with Crippen molar-refractivity contribution >= 4 is 5.82 Å². The zero-order valence-corrected chi connectivity index (χ0v) is 10.4. The lowest BCUT2D eigenvalue weighted by molar-refractivity contribution is 0.00768. The minimum atomic E-state index is -0.446. The van der Waals surface area contributed by atoms with E-state index in [0.717, 1.165) is 19.4 Å². The molecule has 1 aliphatic rings. The van der Waals surface area contributed by atoms with Gasteiger partial charge in [0.25, 0.3) is 5.89 Å². The fourth-order valence-electron chi connectivity index (χ4n) is 2.11. The van der Waals surface area contributed by atoms with Crippen molar-refractivity contribution in [1.29, 1.82) is 0 Å². The molecule has 2 aromatic heterocycles. The highest BCUT2D eigenvalue weighted by Crippen LogP contribution is 2.35. The molecule has 7 nitrogen and oxygen atoms in total. The molecule has 2 aromatic rings. The van der Waals surface area contributed by atoms with Crippen molar-refractivity contribution in [3.63, 3.8) is 0 Å². The Hall–Kier alpha value is -1.89. The number of ether oxygens (including phenoxy) is 1. The summed E-state index contributed by atoms with van der Waals surface area (Å²) in [6.07, 6.45) is 3.52. The summed E-state index contributed by atoms with van der Waals surface area (Å²) in [5, 5.41) is 8.04. The molecule has 96 valence electrons. The number of nitrogens with two attached hydrogens (primary N) is 1. The van der Waals surface area contributed by atoms with Crippen LogP contribution < -0.4 is 5.73 Å². The molecular weight excluding hydrogens is 234 g/mol. The van der Waals surface area contributed by atoms with Crippen LogP contribution in [-0.4, -0.2) is 26.5 Å². The Morgan fingerprint density at radius 2 is 2.33 bits per heavy atom. The average molecular weight is 249 g/mol. The Bertz CT molecular complexity index is 568. The van der Waals surface area contributed by atoms with Gasteiger partial charge in [-0.1, -0.05) is 5.16 Å². The summed E-state index contributed by atoms with van der Waals surface area (Å²) in [6.45, 7) is 2.70. The van der Waals surface area contributed by atoms with Crippen LogP contribution in [0, 0.1) is 0 Å². The summed E-state index contributed by atoms with van der Waals surface area (Å²) in [6, 6.07) is 0. The number of anilines is 1. The first-order valence-electron chi connectivity index (χ1n) is 5.86.